The molecular formula is C27H30N2O5. The van der Waals surface area contributed by atoms with Gasteiger partial charge in [-0.05, 0) is 30.9 Å². The van der Waals surface area contributed by atoms with Gasteiger partial charge in [-0.1, -0.05) is 65.8 Å². The molecule has 7 atom stereocenters. The van der Waals surface area contributed by atoms with Crippen LogP contribution in [0.15, 0.2) is 65.8 Å². The molecule has 2 aromatic rings. The van der Waals surface area contributed by atoms with E-state index in [0.717, 1.165) is 11.1 Å². The lowest BCUT2D eigenvalue weighted by molar-refractivity contribution is -0.144. The highest BCUT2D eigenvalue weighted by Crippen LogP contribution is 2.51. The van der Waals surface area contributed by atoms with Gasteiger partial charge in [-0.25, -0.2) is 0 Å². The third-order valence-electron chi connectivity index (χ3n) is 7.74. The van der Waals surface area contributed by atoms with E-state index in [1.54, 1.807) is 0 Å². The van der Waals surface area contributed by atoms with Crippen molar-refractivity contribution < 1.29 is 24.6 Å². The van der Waals surface area contributed by atoms with Crippen molar-refractivity contribution in [2.45, 2.75) is 51.0 Å². The Kier molecular flexibility index (Phi) is 6.23. The Morgan fingerprint density at radius 2 is 1.62 bits per heavy atom. The zero-order valence-electron chi connectivity index (χ0n) is 19.2. The smallest absolute Gasteiger partial charge is 0.234 e. The summed E-state index contributed by atoms with van der Waals surface area (Å²) in [6.07, 6.45) is -0.775. The Morgan fingerprint density at radius 3 is 2.32 bits per heavy atom. The van der Waals surface area contributed by atoms with Gasteiger partial charge in [0, 0.05) is 18.3 Å². The molecule has 0 aromatic heterocycles. The quantitative estimate of drug-likeness (QED) is 0.526. The second kappa shape index (κ2) is 9.31. The second-order valence-corrected chi connectivity index (χ2v) is 9.63. The van der Waals surface area contributed by atoms with Crippen molar-refractivity contribution in [1.82, 2.24) is 4.90 Å². The molecular weight excluding hydrogens is 432 g/mol. The monoisotopic (exact) mass is 462 g/mol. The third kappa shape index (κ3) is 3.93. The highest BCUT2D eigenvalue weighted by molar-refractivity contribution is 6.06. The molecule has 5 rings (SSSR count). The van der Waals surface area contributed by atoms with E-state index in [4.69, 9.17) is 4.84 Å². The zero-order valence-corrected chi connectivity index (χ0v) is 19.2. The number of hydrogen-bond acceptors (Lipinski definition) is 6. The molecule has 0 spiro atoms. The molecule has 2 aromatic carbocycles. The molecule has 7 nitrogen and oxygen atoms in total. The topological polar surface area (TPSA) is 99.4 Å². The summed E-state index contributed by atoms with van der Waals surface area (Å²) in [5.74, 6) is -2.37. The van der Waals surface area contributed by atoms with E-state index >= 15 is 0 Å². The fourth-order valence-electron chi connectivity index (χ4n) is 6.02. The first-order valence-electron chi connectivity index (χ1n) is 12.0. The summed E-state index contributed by atoms with van der Waals surface area (Å²) in [6.45, 7) is 2.16. The van der Waals surface area contributed by atoms with Gasteiger partial charge in [0.15, 0.2) is 0 Å². The van der Waals surface area contributed by atoms with Crippen LogP contribution < -0.4 is 0 Å². The lowest BCUT2D eigenvalue weighted by Gasteiger charge is -2.45. The molecule has 3 aliphatic rings. The molecule has 1 aliphatic heterocycles. The van der Waals surface area contributed by atoms with Crippen molar-refractivity contribution in [3.63, 3.8) is 0 Å². The van der Waals surface area contributed by atoms with Crippen LogP contribution >= 0.6 is 0 Å². The molecule has 0 unspecified atom stereocenters. The molecule has 2 N–H and O–H groups in total. The highest BCUT2D eigenvalue weighted by Gasteiger charge is 2.60. The predicted molar refractivity (Wildman–Crippen MR) is 125 cm³/mol. The number of likely N-dealkylation sites (tertiary alicyclic amines) is 1. The van der Waals surface area contributed by atoms with Crippen LogP contribution in [0.2, 0.25) is 0 Å². The number of fused-ring (bicyclic) bond motifs is 3. The van der Waals surface area contributed by atoms with Crippen LogP contribution in [0.3, 0.4) is 0 Å². The van der Waals surface area contributed by atoms with Gasteiger partial charge < -0.3 is 15.1 Å². The summed E-state index contributed by atoms with van der Waals surface area (Å²) in [6, 6.07) is 18.8. The predicted octanol–water partition coefficient (Wildman–Crippen LogP) is 3.07. The van der Waals surface area contributed by atoms with E-state index in [2.05, 4.69) is 5.16 Å². The first kappa shape index (κ1) is 22.7. The zero-order chi connectivity index (χ0) is 23.8. The molecule has 34 heavy (non-hydrogen) atoms. The summed E-state index contributed by atoms with van der Waals surface area (Å²) in [5, 5.41) is 25.9. The molecule has 178 valence electrons. The maximum Gasteiger partial charge on any atom is 0.234 e. The number of aliphatic hydroxyl groups excluding tert-OH is 2. The lowest BCUT2D eigenvalue weighted by Crippen LogP contribution is -2.54. The summed E-state index contributed by atoms with van der Waals surface area (Å²) < 4.78 is 0. The van der Waals surface area contributed by atoms with Crippen molar-refractivity contribution in [2.75, 3.05) is 0 Å². The Morgan fingerprint density at radius 1 is 0.971 bits per heavy atom. The van der Waals surface area contributed by atoms with Crippen LogP contribution in [0.1, 0.15) is 43.4 Å². The molecule has 7 heteroatoms. The Labute approximate surface area is 199 Å². The van der Waals surface area contributed by atoms with Gasteiger partial charge in [0.2, 0.25) is 11.8 Å². The Bertz CT molecular complexity index is 1070. The number of amides is 2. The number of rotatable bonds is 5. The normalized spacial score (nSPS) is 32.9. The van der Waals surface area contributed by atoms with Gasteiger partial charge in [-0.3, -0.25) is 14.5 Å². The molecule has 2 amide bonds. The van der Waals surface area contributed by atoms with Gasteiger partial charge in [0.25, 0.3) is 0 Å². The van der Waals surface area contributed by atoms with Crippen molar-refractivity contribution in [2.24, 2.45) is 28.8 Å². The van der Waals surface area contributed by atoms with E-state index in [1.807, 2.05) is 67.6 Å². The number of oxime groups is 1. The SMILES string of the molecule is C[C@@H](c1ccccc1)N1C(=O)[C@H]2[C@H]3[C@H](O)[C@H](O)CC(=NOCc4ccccc4)[C@@H]3CC[C@H]2C1=O. The second-order valence-electron chi connectivity index (χ2n) is 9.63. The molecule has 0 bridgehead atoms. The summed E-state index contributed by atoms with van der Waals surface area (Å²) in [7, 11) is 0. The molecule has 1 saturated heterocycles. The summed E-state index contributed by atoms with van der Waals surface area (Å²) >= 11 is 0. The van der Waals surface area contributed by atoms with Gasteiger partial charge in [0.05, 0.1) is 35.8 Å². The first-order valence-corrected chi connectivity index (χ1v) is 12.0. The molecule has 2 aliphatic carbocycles. The van der Waals surface area contributed by atoms with Gasteiger partial charge >= 0.3 is 0 Å². The number of carbonyl (C=O) groups excluding carboxylic acids is 2. The largest absolute Gasteiger partial charge is 0.391 e. The van der Waals surface area contributed by atoms with Crippen molar-refractivity contribution in [3.8, 4) is 0 Å². The van der Waals surface area contributed by atoms with Crippen LogP contribution in [0, 0.1) is 23.7 Å². The van der Waals surface area contributed by atoms with Gasteiger partial charge in [-0.2, -0.15) is 0 Å². The van der Waals surface area contributed by atoms with E-state index in [-0.39, 0.29) is 24.2 Å². The van der Waals surface area contributed by atoms with Crippen LogP contribution in [-0.4, -0.2) is 44.8 Å². The molecule has 3 fully saturated rings. The highest BCUT2D eigenvalue weighted by atomic mass is 16.6. The number of benzene rings is 2. The minimum Gasteiger partial charge on any atom is -0.391 e. The van der Waals surface area contributed by atoms with Crippen LogP contribution in [0.25, 0.3) is 0 Å². The number of nitrogens with zero attached hydrogens (tertiary/aromatic N) is 2. The number of hydrogen-bond donors (Lipinski definition) is 2. The minimum absolute atomic E-state index is 0.184. The molecule has 2 saturated carbocycles. The number of carbonyl (C=O) groups is 2. The van der Waals surface area contributed by atoms with E-state index in [1.165, 1.54) is 4.90 Å². The van der Waals surface area contributed by atoms with E-state index < -0.39 is 36.0 Å². The standard InChI is InChI=1S/C27H30N2O5/c1-16(18-10-6-3-7-11-18)29-26(32)20-13-12-19-21(28-34-15-17-8-4-2-5-9-17)14-22(30)25(31)23(19)24(20)27(29)33/h2-11,16,19-20,22-25,30-31H,12-15H2,1H3/t16-,19-,20+,22+,23-,24+,25+/m0/s1. The molecule has 1 heterocycles. The fourth-order valence-corrected chi connectivity index (χ4v) is 6.02. The van der Waals surface area contributed by atoms with Crippen LogP contribution in [0.4, 0.5) is 0 Å². The average Bonchev–Trinajstić information content (AvgIpc) is 3.12. The molecule has 0 radical (unpaired) electrons. The van der Waals surface area contributed by atoms with E-state index in [9.17, 15) is 19.8 Å². The van der Waals surface area contributed by atoms with Crippen LogP contribution in [0.5, 0.6) is 0 Å². The van der Waals surface area contributed by atoms with Crippen molar-refractivity contribution in [3.05, 3.63) is 71.8 Å². The number of aliphatic hydroxyl groups is 2. The third-order valence-corrected chi connectivity index (χ3v) is 7.74. The maximum absolute atomic E-state index is 13.6. The van der Waals surface area contributed by atoms with Crippen molar-refractivity contribution >= 4 is 17.5 Å². The van der Waals surface area contributed by atoms with Gasteiger partial charge in [-0.15, -0.1) is 0 Å². The number of imide groups is 1. The Balaban J connectivity index is 1.39. The summed E-state index contributed by atoms with van der Waals surface area (Å²) in [4.78, 5) is 33.9. The maximum atomic E-state index is 13.6. The lowest BCUT2D eigenvalue weighted by atomic mass is 9.60. The van der Waals surface area contributed by atoms with Crippen molar-refractivity contribution in [1.29, 1.82) is 0 Å². The van der Waals surface area contributed by atoms with Gasteiger partial charge in [0.1, 0.15) is 6.61 Å². The van der Waals surface area contributed by atoms with Crippen LogP contribution in [-0.2, 0) is 21.0 Å². The average molecular weight is 463 g/mol. The Hall–Kier alpha value is -3.03. The summed E-state index contributed by atoms with van der Waals surface area (Å²) in [5.41, 5.74) is 2.53. The fraction of sp³-hybridized carbons (Fsp3) is 0.444. The first-order chi connectivity index (χ1) is 16.5. The van der Waals surface area contributed by atoms with E-state index in [0.29, 0.717) is 25.2 Å². The minimum atomic E-state index is -1.09.